The van der Waals surface area contributed by atoms with Gasteiger partial charge in [0.25, 0.3) is 0 Å². The van der Waals surface area contributed by atoms with Crippen LogP contribution < -0.4 is 9.80 Å². The fourth-order valence-electron chi connectivity index (χ4n) is 6.91. The number of benzene rings is 8. The Balaban J connectivity index is 1.29. The summed E-state index contributed by atoms with van der Waals surface area (Å²) in [7, 11) is 0. The van der Waals surface area contributed by atoms with E-state index in [1.165, 1.54) is 10.8 Å². The van der Waals surface area contributed by atoms with Gasteiger partial charge in [0, 0.05) is 50.3 Å². The second kappa shape index (κ2) is 11.2. The summed E-state index contributed by atoms with van der Waals surface area (Å²) in [5.41, 5.74) is 8.40. The van der Waals surface area contributed by atoms with E-state index in [0.717, 1.165) is 66.8 Å². The molecule has 0 aliphatic rings. The molecular weight excluding hydrogens is 572 g/mol. The summed E-state index contributed by atoms with van der Waals surface area (Å²) >= 11 is 0. The van der Waals surface area contributed by atoms with Gasteiger partial charge >= 0.3 is 0 Å². The molecule has 1 aromatic heterocycles. The van der Waals surface area contributed by atoms with Gasteiger partial charge in [-0.15, -0.1) is 0 Å². The minimum absolute atomic E-state index is 0.877. The quantitative estimate of drug-likeness (QED) is 0.177. The molecule has 0 saturated carbocycles. The first-order valence-electron chi connectivity index (χ1n) is 15.9. The molecule has 0 aliphatic heterocycles. The number of fused-ring (bicyclic) bond motifs is 8. The van der Waals surface area contributed by atoms with Crippen molar-refractivity contribution in [2.75, 3.05) is 9.80 Å². The van der Waals surface area contributed by atoms with Gasteiger partial charge in [0.1, 0.15) is 11.2 Å². The van der Waals surface area contributed by atoms with Crippen molar-refractivity contribution in [3.05, 3.63) is 182 Å². The topological polar surface area (TPSA) is 19.6 Å². The molecule has 222 valence electrons. The van der Waals surface area contributed by atoms with Gasteiger partial charge in [-0.2, -0.15) is 0 Å². The first-order valence-corrected chi connectivity index (χ1v) is 15.9. The summed E-state index contributed by atoms with van der Waals surface area (Å²) in [5, 5.41) is 6.89. The van der Waals surface area contributed by atoms with E-state index >= 15 is 0 Å². The Morgan fingerprint density at radius 1 is 0.298 bits per heavy atom. The Hall–Kier alpha value is -6.32. The highest BCUT2D eigenvalue weighted by atomic mass is 16.3. The van der Waals surface area contributed by atoms with E-state index in [-0.39, 0.29) is 0 Å². The van der Waals surface area contributed by atoms with E-state index in [4.69, 9.17) is 4.42 Å². The molecule has 0 N–H and O–H groups in total. The molecule has 8 aromatic carbocycles. The molecule has 9 aromatic rings. The van der Waals surface area contributed by atoms with Gasteiger partial charge in [0.2, 0.25) is 0 Å². The van der Waals surface area contributed by atoms with Crippen molar-refractivity contribution in [1.29, 1.82) is 0 Å². The van der Waals surface area contributed by atoms with E-state index in [0.29, 0.717) is 0 Å². The highest BCUT2D eigenvalue weighted by molar-refractivity contribution is 6.30. The molecule has 9 rings (SSSR count). The lowest BCUT2D eigenvalue weighted by Crippen LogP contribution is -2.09. The zero-order valence-electron chi connectivity index (χ0n) is 25.6. The molecule has 0 bridgehead atoms. The summed E-state index contributed by atoms with van der Waals surface area (Å²) in [6.45, 7) is 0. The molecule has 0 aliphatic carbocycles. The van der Waals surface area contributed by atoms with Gasteiger partial charge in [0.15, 0.2) is 0 Å². The lowest BCUT2D eigenvalue weighted by Gasteiger charge is -2.26. The van der Waals surface area contributed by atoms with Crippen molar-refractivity contribution in [1.82, 2.24) is 0 Å². The number of furan rings is 1. The Morgan fingerprint density at radius 2 is 0.723 bits per heavy atom. The van der Waals surface area contributed by atoms with E-state index < -0.39 is 0 Å². The second-order valence-corrected chi connectivity index (χ2v) is 11.8. The molecule has 0 unspecified atom stereocenters. The fourth-order valence-corrected chi connectivity index (χ4v) is 6.91. The third kappa shape index (κ3) is 4.60. The van der Waals surface area contributed by atoms with Crippen LogP contribution in [0.15, 0.2) is 186 Å². The van der Waals surface area contributed by atoms with Gasteiger partial charge in [-0.05, 0) is 101 Å². The van der Waals surface area contributed by atoms with E-state index in [1.807, 2.05) is 0 Å². The monoisotopic (exact) mass is 602 g/mol. The largest absolute Gasteiger partial charge is 0.455 e. The van der Waals surface area contributed by atoms with Gasteiger partial charge < -0.3 is 14.2 Å². The van der Waals surface area contributed by atoms with Gasteiger partial charge in [-0.25, -0.2) is 0 Å². The maximum Gasteiger partial charge on any atom is 0.143 e. The van der Waals surface area contributed by atoms with Crippen LogP contribution in [-0.4, -0.2) is 0 Å². The zero-order chi connectivity index (χ0) is 31.2. The molecule has 47 heavy (non-hydrogen) atoms. The van der Waals surface area contributed by atoms with E-state index in [9.17, 15) is 0 Å². The lowest BCUT2D eigenvalue weighted by molar-refractivity contribution is 0.673. The van der Waals surface area contributed by atoms with Gasteiger partial charge in [0.05, 0.1) is 0 Å². The lowest BCUT2D eigenvalue weighted by atomic mass is 9.96. The van der Waals surface area contributed by atoms with Crippen molar-refractivity contribution in [3.63, 3.8) is 0 Å². The maximum absolute atomic E-state index is 6.76. The van der Waals surface area contributed by atoms with Crippen LogP contribution in [-0.2, 0) is 0 Å². The van der Waals surface area contributed by atoms with Crippen LogP contribution >= 0.6 is 0 Å². The number of hydrogen-bond acceptors (Lipinski definition) is 3. The molecule has 3 heteroatoms. The minimum Gasteiger partial charge on any atom is -0.455 e. The average Bonchev–Trinajstić information content (AvgIpc) is 3.53. The summed E-state index contributed by atoms with van der Waals surface area (Å²) in [5.74, 6) is 0. The maximum atomic E-state index is 6.76. The van der Waals surface area contributed by atoms with Crippen LogP contribution in [0.4, 0.5) is 34.1 Å². The minimum atomic E-state index is 0.877. The molecule has 0 atom stereocenters. The van der Waals surface area contributed by atoms with E-state index in [2.05, 4.69) is 192 Å². The molecule has 3 nitrogen and oxygen atoms in total. The summed E-state index contributed by atoms with van der Waals surface area (Å²) in [6.07, 6.45) is 0. The number of rotatable bonds is 6. The number of para-hydroxylation sites is 4. The number of anilines is 6. The third-order valence-corrected chi connectivity index (χ3v) is 8.98. The number of nitrogens with zero attached hydrogens (tertiary/aromatic N) is 2. The predicted octanol–water partition coefficient (Wildman–Crippen LogP) is 12.8. The van der Waals surface area contributed by atoms with Crippen molar-refractivity contribution in [2.45, 2.75) is 0 Å². The Bertz CT molecular complexity index is 2430. The highest BCUT2D eigenvalue weighted by Crippen LogP contribution is 2.45. The molecule has 0 fully saturated rings. The molecule has 1 heterocycles. The number of hydrogen-bond donors (Lipinski definition) is 0. The van der Waals surface area contributed by atoms with Crippen LogP contribution in [0.1, 0.15) is 0 Å². The summed E-state index contributed by atoms with van der Waals surface area (Å²) in [6, 6.07) is 64.2. The SMILES string of the molecule is c1ccc(N(c2ccccc2)c2ccc3c(c2)c2ccccc2c2c4cc(N(c5ccccc5)c5ccccc5)ccc4oc32)cc1. The highest BCUT2D eigenvalue weighted by Gasteiger charge is 2.20. The van der Waals surface area contributed by atoms with Crippen molar-refractivity contribution in [3.8, 4) is 0 Å². The first-order chi connectivity index (χ1) is 23.3. The van der Waals surface area contributed by atoms with Crippen molar-refractivity contribution >= 4 is 77.6 Å². The van der Waals surface area contributed by atoms with Gasteiger partial charge in [-0.1, -0.05) is 97.1 Å². The van der Waals surface area contributed by atoms with Crippen LogP contribution in [0, 0.1) is 0 Å². The average molecular weight is 603 g/mol. The molecule has 0 spiro atoms. The van der Waals surface area contributed by atoms with Crippen LogP contribution in [0.2, 0.25) is 0 Å². The standard InChI is InChI=1S/C44H30N2O/c1-5-15-31(16-6-1)45(32-17-7-2-8-18-32)35-25-27-39-40(29-35)37-23-13-14-24-38(37)43-41-30-36(26-28-42(41)47-44(39)43)46(33-19-9-3-10-20-33)34-21-11-4-12-22-34/h1-30H. The summed E-state index contributed by atoms with van der Waals surface area (Å²) in [4.78, 5) is 4.61. The Morgan fingerprint density at radius 3 is 1.23 bits per heavy atom. The first kappa shape index (κ1) is 27.0. The zero-order valence-corrected chi connectivity index (χ0v) is 25.6. The summed E-state index contributed by atoms with van der Waals surface area (Å²) < 4.78 is 6.76. The second-order valence-electron chi connectivity index (χ2n) is 11.8. The van der Waals surface area contributed by atoms with Crippen molar-refractivity contribution < 1.29 is 4.42 Å². The fraction of sp³-hybridized carbons (Fsp3) is 0. The smallest absolute Gasteiger partial charge is 0.143 e. The predicted molar refractivity (Wildman–Crippen MR) is 198 cm³/mol. The normalized spacial score (nSPS) is 11.4. The molecule has 0 radical (unpaired) electrons. The van der Waals surface area contributed by atoms with Gasteiger partial charge in [-0.3, -0.25) is 0 Å². The van der Waals surface area contributed by atoms with Crippen LogP contribution in [0.3, 0.4) is 0 Å². The van der Waals surface area contributed by atoms with E-state index in [1.54, 1.807) is 0 Å². The molecular formula is C44H30N2O. The van der Waals surface area contributed by atoms with Crippen molar-refractivity contribution in [2.24, 2.45) is 0 Å². The van der Waals surface area contributed by atoms with Crippen LogP contribution in [0.5, 0.6) is 0 Å². The Kier molecular flexibility index (Phi) is 6.46. The Labute approximate surface area is 273 Å². The molecule has 0 amide bonds. The third-order valence-electron chi connectivity index (χ3n) is 8.98. The van der Waals surface area contributed by atoms with Crippen LogP contribution in [0.25, 0.3) is 43.5 Å². The molecule has 0 saturated heterocycles.